The number of benzene rings is 1. The maximum atomic E-state index is 11.3. The number of carboxylic acids is 1. The number of nitrogens with one attached hydrogen (secondary N) is 1. The van der Waals surface area contributed by atoms with Gasteiger partial charge >= 0.3 is 5.97 Å². The van der Waals surface area contributed by atoms with Crippen molar-refractivity contribution in [2.45, 2.75) is 13.3 Å². The molecule has 1 rings (SSSR count). The van der Waals surface area contributed by atoms with E-state index >= 15 is 0 Å². The highest BCUT2D eigenvalue weighted by molar-refractivity contribution is 5.99. The average molecular weight is 252 g/mol. The van der Waals surface area contributed by atoms with Gasteiger partial charge in [-0.2, -0.15) is 0 Å². The largest absolute Gasteiger partial charge is 0.481 e. The van der Waals surface area contributed by atoms with Crippen molar-refractivity contribution in [2.75, 3.05) is 11.9 Å². The first-order valence-corrected chi connectivity index (χ1v) is 5.17. The summed E-state index contributed by atoms with van der Waals surface area (Å²) in [5.41, 5.74) is 0.221. The topological polar surface area (TPSA) is 110 Å². The lowest BCUT2D eigenvalue weighted by molar-refractivity contribution is -0.385. The number of ketones is 1. The van der Waals surface area contributed by atoms with E-state index in [0.29, 0.717) is 5.69 Å². The second kappa shape index (κ2) is 5.76. The quantitative estimate of drug-likeness (QED) is 0.453. The zero-order chi connectivity index (χ0) is 13.7. The van der Waals surface area contributed by atoms with Crippen LogP contribution >= 0.6 is 0 Å². The minimum Gasteiger partial charge on any atom is -0.481 e. The highest BCUT2D eigenvalue weighted by Gasteiger charge is 2.17. The van der Waals surface area contributed by atoms with Crippen molar-refractivity contribution in [3.05, 3.63) is 33.9 Å². The van der Waals surface area contributed by atoms with E-state index in [1.54, 1.807) is 0 Å². The lowest BCUT2D eigenvalue weighted by Gasteiger charge is -2.06. The Kier molecular flexibility index (Phi) is 4.36. The maximum Gasteiger partial charge on any atom is 0.305 e. The molecule has 0 aromatic heterocycles. The van der Waals surface area contributed by atoms with Crippen LogP contribution in [-0.4, -0.2) is 28.3 Å². The lowest BCUT2D eigenvalue weighted by atomic mass is 10.1. The van der Waals surface area contributed by atoms with E-state index in [9.17, 15) is 19.7 Å². The van der Waals surface area contributed by atoms with Crippen LogP contribution in [0.25, 0.3) is 0 Å². The molecular formula is C11H12N2O5. The molecule has 0 radical (unpaired) electrons. The van der Waals surface area contributed by atoms with E-state index in [2.05, 4.69) is 5.32 Å². The second-order valence-corrected chi connectivity index (χ2v) is 3.62. The van der Waals surface area contributed by atoms with Crippen molar-refractivity contribution in [3.63, 3.8) is 0 Å². The number of Topliss-reactive ketones (excluding diaryl/α,β-unsaturated/α-hetero) is 1. The van der Waals surface area contributed by atoms with Crippen LogP contribution in [0.2, 0.25) is 0 Å². The Labute approximate surface area is 103 Å². The molecule has 0 unspecified atom stereocenters. The Morgan fingerprint density at radius 1 is 1.44 bits per heavy atom. The normalized spacial score (nSPS) is 9.83. The van der Waals surface area contributed by atoms with Gasteiger partial charge in [0.1, 0.15) is 0 Å². The molecule has 0 atom stereocenters. The van der Waals surface area contributed by atoms with Gasteiger partial charge in [0.15, 0.2) is 5.78 Å². The van der Waals surface area contributed by atoms with Gasteiger partial charge in [0.05, 0.1) is 16.9 Å². The molecule has 0 spiro atoms. The Bertz CT molecular complexity index is 498. The van der Waals surface area contributed by atoms with Crippen LogP contribution < -0.4 is 5.32 Å². The number of nitrogens with zero attached hydrogens (tertiary/aromatic N) is 1. The smallest absolute Gasteiger partial charge is 0.305 e. The predicted molar refractivity (Wildman–Crippen MR) is 63.8 cm³/mol. The van der Waals surface area contributed by atoms with Crippen LogP contribution in [0.15, 0.2) is 18.2 Å². The molecule has 7 nitrogen and oxygen atoms in total. The Morgan fingerprint density at radius 3 is 2.61 bits per heavy atom. The number of hydrogen-bond acceptors (Lipinski definition) is 5. The molecule has 0 saturated heterocycles. The van der Waals surface area contributed by atoms with Crippen molar-refractivity contribution in [2.24, 2.45) is 0 Å². The number of anilines is 1. The van der Waals surface area contributed by atoms with Gasteiger partial charge in [-0.25, -0.2) is 0 Å². The first-order chi connectivity index (χ1) is 8.41. The molecule has 0 heterocycles. The van der Waals surface area contributed by atoms with E-state index in [0.717, 1.165) is 0 Å². The zero-order valence-electron chi connectivity index (χ0n) is 9.67. The molecule has 7 heteroatoms. The Hall–Kier alpha value is -2.44. The van der Waals surface area contributed by atoms with Crippen molar-refractivity contribution >= 4 is 23.1 Å². The third-order valence-corrected chi connectivity index (χ3v) is 2.24. The molecule has 0 saturated carbocycles. The number of carboxylic acid groups (broad SMARTS) is 1. The minimum absolute atomic E-state index is 0.000301. The average Bonchev–Trinajstić information content (AvgIpc) is 2.28. The molecule has 18 heavy (non-hydrogen) atoms. The number of nitro groups is 1. The summed E-state index contributed by atoms with van der Waals surface area (Å²) in [4.78, 5) is 31.7. The van der Waals surface area contributed by atoms with Gasteiger partial charge in [0, 0.05) is 18.3 Å². The summed E-state index contributed by atoms with van der Waals surface area (Å²) in [5.74, 6) is -1.36. The summed E-state index contributed by atoms with van der Waals surface area (Å²) in [6.07, 6.45) is -0.0770. The fourth-order valence-electron chi connectivity index (χ4n) is 1.40. The number of hydrogen-bond donors (Lipinski definition) is 2. The Balaban J connectivity index is 2.90. The first-order valence-electron chi connectivity index (χ1n) is 5.17. The van der Waals surface area contributed by atoms with E-state index in [1.807, 2.05) is 0 Å². The standard InChI is InChI=1S/C11H12N2O5/c1-7(14)9-6-8(12-5-4-11(15)16)2-3-10(9)13(17)18/h2-3,6,12H,4-5H2,1H3,(H,15,16). The number of carbonyl (C=O) groups is 2. The van der Waals surface area contributed by atoms with E-state index < -0.39 is 16.7 Å². The van der Waals surface area contributed by atoms with Crippen molar-refractivity contribution in [1.82, 2.24) is 0 Å². The van der Waals surface area contributed by atoms with E-state index in [4.69, 9.17) is 5.11 Å². The van der Waals surface area contributed by atoms with Gasteiger partial charge in [0.2, 0.25) is 0 Å². The van der Waals surface area contributed by atoms with Crippen LogP contribution in [0.3, 0.4) is 0 Å². The van der Waals surface area contributed by atoms with Gasteiger partial charge in [0.25, 0.3) is 5.69 Å². The van der Waals surface area contributed by atoms with Gasteiger partial charge in [-0.05, 0) is 19.1 Å². The molecule has 2 N–H and O–H groups in total. The molecular weight excluding hydrogens is 240 g/mol. The maximum absolute atomic E-state index is 11.3. The minimum atomic E-state index is -0.948. The lowest BCUT2D eigenvalue weighted by Crippen LogP contribution is -2.08. The third-order valence-electron chi connectivity index (χ3n) is 2.24. The molecule has 1 aromatic rings. The molecule has 0 amide bonds. The molecule has 0 fully saturated rings. The van der Waals surface area contributed by atoms with Crippen LogP contribution in [0.1, 0.15) is 23.7 Å². The fraction of sp³-hybridized carbons (Fsp3) is 0.273. The molecule has 0 aliphatic carbocycles. The summed E-state index contributed by atoms with van der Waals surface area (Å²) in [6.45, 7) is 1.42. The van der Waals surface area contributed by atoms with Crippen LogP contribution in [-0.2, 0) is 4.79 Å². The van der Waals surface area contributed by atoms with Crippen LogP contribution in [0, 0.1) is 10.1 Å². The van der Waals surface area contributed by atoms with Gasteiger partial charge < -0.3 is 10.4 Å². The number of nitro benzene ring substituents is 1. The summed E-state index contributed by atoms with van der Waals surface area (Å²) in [5, 5.41) is 21.9. The van der Waals surface area contributed by atoms with E-state index in [-0.39, 0.29) is 24.2 Å². The molecule has 0 aliphatic heterocycles. The molecule has 96 valence electrons. The summed E-state index contributed by atoms with van der Waals surface area (Å²) < 4.78 is 0. The van der Waals surface area contributed by atoms with Crippen LogP contribution in [0.4, 0.5) is 11.4 Å². The third kappa shape index (κ3) is 3.55. The van der Waals surface area contributed by atoms with E-state index in [1.165, 1.54) is 25.1 Å². The second-order valence-electron chi connectivity index (χ2n) is 3.62. The number of aliphatic carboxylic acids is 1. The highest BCUT2D eigenvalue weighted by Crippen LogP contribution is 2.23. The fourth-order valence-corrected chi connectivity index (χ4v) is 1.40. The zero-order valence-corrected chi connectivity index (χ0v) is 9.67. The molecule has 1 aromatic carbocycles. The van der Waals surface area contributed by atoms with Crippen molar-refractivity contribution < 1.29 is 19.6 Å². The van der Waals surface area contributed by atoms with Crippen molar-refractivity contribution in [3.8, 4) is 0 Å². The molecule has 0 aliphatic rings. The summed E-state index contributed by atoms with van der Waals surface area (Å²) in [7, 11) is 0. The highest BCUT2D eigenvalue weighted by atomic mass is 16.6. The van der Waals surface area contributed by atoms with Gasteiger partial charge in [-0.3, -0.25) is 19.7 Å². The monoisotopic (exact) mass is 252 g/mol. The van der Waals surface area contributed by atoms with Gasteiger partial charge in [-0.15, -0.1) is 0 Å². The number of rotatable bonds is 6. The van der Waals surface area contributed by atoms with Crippen molar-refractivity contribution in [1.29, 1.82) is 0 Å². The number of carbonyl (C=O) groups excluding carboxylic acids is 1. The summed E-state index contributed by atoms with van der Waals surface area (Å²) >= 11 is 0. The Morgan fingerprint density at radius 2 is 2.11 bits per heavy atom. The first kappa shape index (κ1) is 13.6. The molecule has 0 bridgehead atoms. The van der Waals surface area contributed by atoms with Crippen LogP contribution in [0.5, 0.6) is 0 Å². The SMILES string of the molecule is CC(=O)c1cc(NCCC(=O)O)ccc1[N+](=O)[O-]. The summed E-state index contributed by atoms with van der Waals surface area (Å²) in [6, 6.07) is 4.01. The predicted octanol–water partition coefficient (Wildman–Crippen LogP) is 1.68. The van der Waals surface area contributed by atoms with Gasteiger partial charge in [-0.1, -0.05) is 0 Å².